The van der Waals surface area contributed by atoms with Gasteiger partial charge < -0.3 is 20.1 Å². The number of rotatable bonds is 9. The number of halogens is 1. The lowest BCUT2D eigenvalue weighted by atomic mass is 10.1. The normalized spacial score (nSPS) is 12.8. The Kier molecular flexibility index (Phi) is 11.1. The molecule has 0 bridgehead atoms. The molecule has 0 radical (unpaired) electrons. The van der Waals surface area contributed by atoms with Gasteiger partial charge in [-0.15, -0.1) is 24.0 Å². The Bertz CT molecular complexity index is 700. The van der Waals surface area contributed by atoms with Crippen LogP contribution in [0, 0.1) is 0 Å². The first kappa shape index (κ1) is 24.4. The van der Waals surface area contributed by atoms with Gasteiger partial charge in [0, 0.05) is 25.2 Å². The first-order valence-electron chi connectivity index (χ1n) is 9.67. The largest absolute Gasteiger partial charge is 0.359 e. The summed E-state index contributed by atoms with van der Waals surface area (Å²) in [6, 6.07) is 12.9. The molecule has 0 saturated carbocycles. The third-order valence-corrected chi connectivity index (χ3v) is 4.46. The van der Waals surface area contributed by atoms with Crippen molar-refractivity contribution in [3.05, 3.63) is 53.4 Å². The van der Waals surface area contributed by atoms with Gasteiger partial charge in [-0.05, 0) is 38.9 Å². The Morgan fingerprint density at radius 2 is 1.89 bits per heavy atom. The maximum atomic E-state index is 5.38. The van der Waals surface area contributed by atoms with Gasteiger partial charge >= 0.3 is 0 Å². The zero-order valence-corrected chi connectivity index (χ0v) is 19.9. The topological polar surface area (TPSA) is 65.7 Å². The molecule has 2 aromatic rings. The van der Waals surface area contributed by atoms with Crippen LogP contribution in [0.2, 0.25) is 0 Å². The fourth-order valence-electron chi connectivity index (χ4n) is 2.71. The van der Waals surface area contributed by atoms with Crippen molar-refractivity contribution >= 4 is 29.9 Å². The van der Waals surface area contributed by atoms with Gasteiger partial charge in [-0.25, -0.2) is 4.99 Å². The zero-order chi connectivity index (χ0) is 19.6. The summed E-state index contributed by atoms with van der Waals surface area (Å²) < 4.78 is 5.38. The van der Waals surface area contributed by atoms with Crippen LogP contribution in [0.25, 0.3) is 0 Å². The standard InChI is InChI=1S/C21H33N5O.HI/c1-6-22-21(24-15-19-13-20(16(2)3)25-27-19)23-14-18(26(4)5)12-17-10-8-7-9-11-17;/h7-11,13,16,18H,6,12,14-15H2,1-5H3,(H2,22,23,24);1H. The van der Waals surface area contributed by atoms with Crippen molar-refractivity contribution in [3.63, 3.8) is 0 Å². The molecular formula is C21H34IN5O. The summed E-state index contributed by atoms with van der Waals surface area (Å²) >= 11 is 0. The van der Waals surface area contributed by atoms with Crippen molar-refractivity contribution in [2.45, 2.75) is 45.7 Å². The molecule has 0 aliphatic heterocycles. The van der Waals surface area contributed by atoms with Gasteiger partial charge in [-0.2, -0.15) is 0 Å². The number of benzene rings is 1. The average Bonchev–Trinajstić information content (AvgIpc) is 3.13. The molecule has 0 amide bonds. The van der Waals surface area contributed by atoms with E-state index in [0.29, 0.717) is 18.5 Å². The summed E-state index contributed by atoms with van der Waals surface area (Å²) in [5, 5.41) is 10.8. The van der Waals surface area contributed by atoms with E-state index in [1.54, 1.807) is 0 Å². The van der Waals surface area contributed by atoms with E-state index in [2.05, 4.69) is 90.9 Å². The van der Waals surface area contributed by atoms with Crippen LogP contribution in [0.4, 0.5) is 0 Å². The molecule has 0 aliphatic rings. The average molecular weight is 499 g/mol. The SMILES string of the molecule is CCNC(=NCc1cc(C(C)C)no1)NCC(Cc1ccccc1)N(C)C.I. The van der Waals surface area contributed by atoms with Crippen molar-refractivity contribution in [3.8, 4) is 0 Å². The summed E-state index contributed by atoms with van der Waals surface area (Å²) in [4.78, 5) is 6.88. The molecule has 156 valence electrons. The van der Waals surface area contributed by atoms with Crippen LogP contribution in [0.3, 0.4) is 0 Å². The Morgan fingerprint density at radius 1 is 1.18 bits per heavy atom. The molecule has 2 rings (SSSR count). The third-order valence-electron chi connectivity index (χ3n) is 4.46. The molecule has 1 aromatic carbocycles. The number of aromatic nitrogens is 1. The molecule has 2 N–H and O–H groups in total. The van der Waals surface area contributed by atoms with Crippen LogP contribution in [-0.2, 0) is 13.0 Å². The van der Waals surface area contributed by atoms with Crippen LogP contribution < -0.4 is 10.6 Å². The van der Waals surface area contributed by atoms with E-state index in [0.717, 1.165) is 36.9 Å². The summed E-state index contributed by atoms with van der Waals surface area (Å²) in [5.74, 6) is 1.93. The highest BCUT2D eigenvalue weighted by Crippen LogP contribution is 2.14. The van der Waals surface area contributed by atoms with Gasteiger partial charge in [0.25, 0.3) is 0 Å². The minimum atomic E-state index is 0. The van der Waals surface area contributed by atoms with Gasteiger partial charge in [0.1, 0.15) is 6.54 Å². The van der Waals surface area contributed by atoms with E-state index in [1.165, 1.54) is 5.56 Å². The molecule has 1 aromatic heterocycles. The van der Waals surface area contributed by atoms with Crippen molar-refractivity contribution in [2.75, 3.05) is 27.2 Å². The fourth-order valence-corrected chi connectivity index (χ4v) is 2.71. The molecule has 6 nitrogen and oxygen atoms in total. The van der Waals surface area contributed by atoms with Crippen LogP contribution >= 0.6 is 24.0 Å². The molecule has 0 aliphatic carbocycles. The van der Waals surface area contributed by atoms with Crippen LogP contribution in [0.5, 0.6) is 0 Å². The molecule has 1 heterocycles. The lowest BCUT2D eigenvalue weighted by Gasteiger charge is -2.25. The second kappa shape index (κ2) is 12.8. The molecule has 1 unspecified atom stereocenters. The molecule has 1 atom stereocenters. The summed E-state index contributed by atoms with van der Waals surface area (Å²) in [7, 11) is 4.22. The van der Waals surface area contributed by atoms with Crippen molar-refractivity contribution in [1.82, 2.24) is 20.7 Å². The van der Waals surface area contributed by atoms with Crippen LogP contribution in [0.1, 0.15) is 43.7 Å². The lowest BCUT2D eigenvalue weighted by Crippen LogP contribution is -2.46. The first-order valence-corrected chi connectivity index (χ1v) is 9.67. The van der Waals surface area contributed by atoms with Gasteiger partial charge in [0.2, 0.25) is 0 Å². The second-order valence-corrected chi connectivity index (χ2v) is 7.26. The maximum Gasteiger partial charge on any atom is 0.191 e. The van der Waals surface area contributed by atoms with E-state index in [1.807, 2.05) is 6.07 Å². The smallest absolute Gasteiger partial charge is 0.191 e. The summed E-state index contributed by atoms with van der Waals surface area (Å²) in [5.41, 5.74) is 2.30. The minimum Gasteiger partial charge on any atom is -0.359 e. The van der Waals surface area contributed by atoms with Crippen LogP contribution in [0.15, 0.2) is 45.9 Å². The van der Waals surface area contributed by atoms with Crippen molar-refractivity contribution in [1.29, 1.82) is 0 Å². The van der Waals surface area contributed by atoms with Crippen LogP contribution in [-0.4, -0.2) is 49.2 Å². The molecule has 7 heteroatoms. The Hall–Kier alpha value is -1.61. The monoisotopic (exact) mass is 499 g/mol. The van der Waals surface area contributed by atoms with E-state index < -0.39 is 0 Å². The number of nitrogens with zero attached hydrogens (tertiary/aromatic N) is 3. The highest BCUT2D eigenvalue weighted by Gasteiger charge is 2.13. The number of hydrogen-bond donors (Lipinski definition) is 2. The van der Waals surface area contributed by atoms with Crippen molar-refractivity contribution in [2.24, 2.45) is 4.99 Å². The summed E-state index contributed by atoms with van der Waals surface area (Å²) in [6.07, 6.45) is 0.986. The molecule has 0 fully saturated rings. The maximum absolute atomic E-state index is 5.38. The molecule has 0 spiro atoms. The lowest BCUT2D eigenvalue weighted by molar-refractivity contribution is 0.290. The predicted molar refractivity (Wildman–Crippen MR) is 126 cm³/mol. The zero-order valence-electron chi connectivity index (χ0n) is 17.6. The Balaban J connectivity index is 0.00000392. The van der Waals surface area contributed by atoms with Gasteiger partial charge in [0.05, 0.1) is 5.69 Å². The molecule has 0 saturated heterocycles. The van der Waals surface area contributed by atoms with E-state index in [-0.39, 0.29) is 24.0 Å². The minimum absolute atomic E-state index is 0. The quantitative estimate of drug-likeness (QED) is 0.314. The number of nitrogens with one attached hydrogen (secondary N) is 2. The number of likely N-dealkylation sites (N-methyl/N-ethyl adjacent to an activating group) is 1. The van der Waals surface area contributed by atoms with E-state index >= 15 is 0 Å². The Labute approximate surface area is 186 Å². The highest BCUT2D eigenvalue weighted by atomic mass is 127. The Morgan fingerprint density at radius 3 is 2.46 bits per heavy atom. The highest BCUT2D eigenvalue weighted by molar-refractivity contribution is 14.0. The second-order valence-electron chi connectivity index (χ2n) is 7.26. The fraction of sp³-hybridized carbons (Fsp3) is 0.524. The van der Waals surface area contributed by atoms with E-state index in [9.17, 15) is 0 Å². The first-order chi connectivity index (χ1) is 13.0. The van der Waals surface area contributed by atoms with E-state index in [4.69, 9.17) is 4.52 Å². The molecular weight excluding hydrogens is 465 g/mol. The predicted octanol–water partition coefficient (Wildman–Crippen LogP) is 3.64. The van der Waals surface area contributed by atoms with Gasteiger partial charge in [0.15, 0.2) is 11.7 Å². The summed E-state index contributed by atoms with van der Waals surface area (Å²) in [6.45, 7) is 8.36. The number of hydrogen-bond acceptors (Lipinski definition) is 4. The number of aliphatic imine (C=N–C) groups is 1. The third kappa shape index (κ3) is 8.18. The number of guanidine groups is 1. The molecule has 28 heavy (non-hydrogen) atoms. The van der Waals surface area contributed by atoms with Gasteiger partial charge in [-0.1, -0.05) is 49.3 Å². The van der Waals surface area contributed by atoms with Crippen molar-refractivity contribution < 1.29 is 4.52 Å². The van der Waals surface area contributed by atoms with Gasteiger partial charge in [-0.3, -0.25) is 0 Å².